The maximum atomic E-state index is 9.44. The Labute approximate surface area is 99.3 Å². The van der Waals surface area contributed by atoms with E-state index < -0.39 is 0 Å². The molecule has 0 atom stereocenters. The van der Waals surface area contributed by atoms with Gasteiger partial charge in [0.25, 0.3) is 0 Å². The van der Waals surface area contributed by atoms with Crippen LogP contribution in [0.4, 0.5) is 0 Å². The molecule has 0 aliphatic heterocycles. The van der Waals surface area contributed by atoms with Crippen LogP contribution in [0.2, 0.25) is 0 Å². The normalized spacial score (nSPS) is 11.1. The lowest BCUT2D eigenvalue weighted by Crippen LogP contribution is -1.87. The van der Waals surface area contributed by atoms with Gasteiger partial charge in [-0.15, -0.1) is 0 Å². The largest absolute Gasteiger partial charge is 0.506 e. The third-order valence-corrected chi connectivity index (χ3v) is 2.73. The van der Waals surface area contributed by atoms with Gasteiger partial charge in [-0.1, -0.05) is 0 Å². The first kappa shape index (κ1) is 9.47. The fraction of sp³-hybridized carbons (Fsp3) is 0. The lowest BCUT2D eigenvalue weighted by atomic mass is 10.4. The molecule has 0 bridgehead atoms. The molecular weight excluding hydrogens is 272 g/mol. The van der Waals surface area contributed by atoms with E-state index in [4.69, 9.17) is 4.42 Å². The molecule has 3 aromatic rings. The summed E-state index contributed by atoms with van der Waals surface area (Å²) in [6, 6.07) is 7.05. The van der Waals surface area contributed by atoms with Crippen LogP contribution in [0.25, 0.3) is 17.1 Å². The molecule has 0 aliphatic carbocycles. The van der Waals surface area contributed by atoms with Gasteiger partial charge in [0.05, 0.1) is 17.9 Å². The van der Waals surface area contributed by atoms with Gasteiger partial charge in [-0.2, -0.15) is 0 Å². The van der Waals surface area contributed by atoms with Gasteiger partial charge >= 0.3 is 0 Å². The first-order chi connectivity index (χ1) is 7.74. The highest BCUT2D eigenvalue weighted by molar-refractivity contribution is 9.10. The lowest BCUT2D eigenvalue weighted by molar-refractivity contribution is 0.472. The predicted octanol–water partition coefficient (Wildman–Crippen LogP) is 3.06. The monoisotopic (exact) mass is 278 g/mol. The molecule has 0 saturated carbocycles. The first-order valence-electron chi connectivity index (χ1n) is 4.66. The highest BCUT2D eigenvalue weighted by Crippen LogP contribution is 2.25. The molecule has 0 radical (unpaired) electrons. The van der Waals surface area contributed by atoms with Crippen molar-refractivity contribution < 1.29 is 9.52 Å². The van der Waals surface area contributed by atoms with E-state index in [1.807, 2.05) is 6.07 Å². The molecule has 16 heavy (non-hydrogen) atoms. The zero-order valence-electron chi connectivity index (χ0n) is 8.09. The van der Waals surface area contributed by atoms with Gasteiger partial charge in [0, 0.05) is 0 Å². The van der Waals surface area contributed by atoms with Crippen LogP contribution in [0, 0.1) is 0 Å². The standard InChI is InChI=1S/C11H7BrN2O2/c12-10-4-3-9(16-10)11-13-5-7-1-2-8(15)6-14(7)11/h1-6,15H. The number of hydrogen-bond acceptors (Lipinski definition) is 3. The number of nitrogens with zero attached hydrogens (tertiary/aromatic N) is 2. The summed E-state index contributed by atoms with van der Waals surface area (Å²) in [5.74, 6) is 1.51. The van der Waals surface area contributed by atoms with E-state index in [0.29, 0.717) is 16.3 Å². The average Bonchev–Trinajstić information content (AvgIpc) is 2.83. The van der Waals surface area contributed by atoms with Crippen molar-refractivity contribution >= 4 is 21.4 Å². The Morgan fingerprint density at radius 3 is 2.88 bits per heavy atom. The summed E-state index contributed by atoms with van der Waals surface area (Å²) in [5.41, 5.74) is 0.903. The van der Waals surface area contributed by atoms with Crippen molar-refractivity contribution in [2.45, 2.75) is 0 Å². The molecule has 0 amide bonds. The number of aromatic nitrogens is 2. The second-order valence-corrected chi connectivity index (χ2v) is 4.15. The molecule has 0 saturated heterocycles. The van der Waals surface area contributed by atoms with Crippen molar-refractivity contribution in [3.05, 3.63) is 41.3 Å². The third-order valence-electron chi connectivity index (χ3n) is 2.31. The van der Waals surface area contributed by atoms with Gasteiger partial charge in [-0.3, -0.25) is 4.40 Å². The number of hydrogen-bond donors (Lipinski definition) is 1. The zero-order chi connectivity index (χ0) is 11.1. The van der Waals surface area contributed by atoms with E-state index in [1.165, 1.54) is 0 Å². The van der Waals surface area contributed by atoms with Crippen molar-refractivity contribution in [1.29, 1.82) is 0 Å². The number of aromatic hydroxyl groups is 1. The highest BCUT2D eigenvalue weighted by atomic mass is 79.9. The lowest BCUT2D eigenvalue weighted by Gasteiger charge is -1.98. The van der Waals surface area contributed by atoms with Gasteiger partial charge < -0.3 is 9.52 Å². The van der Waals surface area contributed by atoms with Crippen LogP contribution >= 0.6 is 15.9 Å². The maximum absolute atomic E-state index is 9.44. The van der Waals surface area contributed by atoms with E-state index in [0.717, 1.165) is 5.52 Å². The number of fused-ring (bicyclic) bond motifs is 1. The van der Waals surface area contributed by atoms with Crippen molar-refractivity contribution in [2.75, 3.05) is 0 Å². The topological polar surface area (TPSA) is 50.7 Å². The molecular formula is C11H7BrN2O2. The van der Waals surface area contributed by atoms with E-state index in [-0.39, 0.29) is 5.75 Å². The average molecular weight is 279 g/mol. The predicted molar refractivity (Wildman–Crippen MR) is 62.3 cm³/mol. The fourth-order valence-electron chi connectivity index (χ4n) is 1.60. The van der Waals surface area contributed by atoms with Crippen LogP contribution in [-0.4, -0.2) is 14.5 Å². The van der Waals surface area contributed by atoms with Crippen LogP contribution in [0.3, 0.4) is 0 Å². The van der Waals surface area contributed by atoms with Crippen LogP contribution in [0.1, 0.15) is 0 Å². The van der Waals surface area contributed by atoms with Crippen LogP contribution < -0.4 is 0 Å². The molecule has 0 aliphatic rings. The van der Waals surface area contributed by atoms with Crippen molar-refractivity contribution in [3.63, 3.8) is 0 Å². The Morgan fingerprint density at radius 1 is 1.25 bits per heavy atom. The minimum Gasteiger partial charge on any atom is -0.506 e. The van der Waals surface area contributed by atoms with Crippen LogP contribution in [0.5, 0.6) is 5.75 Å². The van der Waals surface area contributed by atoms with E-state index in [1.54, 1.807) is 35.0 Å². The van der Waals surface area contributed by atoms with Crippen LogP contribution in [0.15, 0.2) is 45.7 Å². The summed E-state index contributed by atoms with van der Waals surface area (Å²) < 4.78 is 7.86. The fourth-order valence-corrected chi connectivity index (χ4v) is 1.90. The Kier molecular flexibility index (Phi) is 2.00. The summed E-state index contributed by atoms with van der Waals surface area (Å²) in [6.45, 7) is 0. The van der Waals surface area contributed by atoms with Crippen molar-refractivity contribution in [1.82, 2.24) is 9.38 Å². The van der Waals surface area contributed by atoms with Gasteiger partial charge in [-0.25, -0.2) is 4.98 Å². The van der Waals surface area contributed by atoms with Gasteiger partial charge in [0.15, 0.2) is 16.3 Å². The Hall–Kier alpha value is -1.75. The highest BCUT2D eigenvalue weighted by Gasteiger charge is 2.10. The minimum absolute atomic E-state index is 0.192. The summed E-state index contributed by atoms with van der Waals surface area (Å²) >= 11 is 3.24. The molecule has 4 nitrogen and oxygen atoms in total. The quantitative estimate of drug-likeness (QED) is 0.744. The van der Waals surface area contributed by atoms with Crippen molar-refractivity contribution in [3.8, 4) is 17.3 Å². The van der Waals surface area contributed by atoms with E-state index in [9.17, 15) is 5.11 Å². The summed E-state index contributed by atoms with van der Waals surface area (Å²) in [4.78, 5) is 4.26. The van der Waals surface area contributed by atoms with Gasteiger partial charge in [0.1, 0.15) is 5.75 Å². The molecule has 3 heterocycles. The van der Waals surface area contributed by atoms with E-state index in [2.05, 4.69) is 20.9 Å². The molecule has 5 heteroatoms. The molecule has 80 valence electrons. The van der Waals surface area contributed by atoms with Gasteiger partial charge in [-0.05, 0) is 40.2 Å². The van der Waals surface area contributed by atoms with E-state index >= 15 is 0 Å². The number of halogens is 1. The molecule has 0 aromatic carbocycles. The molecule has 3 aromatic heterocycles. The Balaban J connectivity index is 2.27. The van der Waals surface area contributed by atoms with Crippen LogP contribution in [-0.2, 0) is 0 Å². The Morgan fingerprint density at radius 2 is 2.12 bits per heavy atom. The SMILES string of the molecule is Oc1ccc2cnc(-c3ccc(Br)o3)n2c1. The summed E-state index contributed by atoms with van der Waals surface area (Å²) in [7, 11) is 0. The second-order valence-electron chi connectivity index (χ2n) is 3.37. The summed E-state index contributed by atoms with van der Waals surface area (Å²) in [6.07, 6.45) is 3.33. The Bertz CT molecular complexity index is 657. The molecule has 0 unspecified atom stereocenters. The van der Waals surface area contributed by atoms with Crippen molar-refractivity contribution in [2.24, 2.45) is 0 Å². The smallest absolute Gasteiger partial charge is 0.180 e. The second kappa shape index (κ2) is 3.38. The molecule has 1 N–H and O–H groups in total. The maximum Gasteiger partial charge on any atom is 0.180 e. The number of furan rings is 1. The number of pyridine rings is 1. The first-order valence-corrected chi connectivity index (χ1v) is 5.45. The number of rotatable bonds is 1. The zero-order valence-corrected chi connectivity index (χ0v) is 9.68. The third kappa shape index (κ3) is 1.40. The minimum atomic E-state index is 0.192. The number of imidazole rings is 1. The summed E-state index contributed by atoms with van der Waals surface area (Å²) in [5, 5.41) is 9.44. The molecule has 3 rings (SSSR count). The molecule has 0 fully saturated rings. The van der Waals surface area contributed by atoms with Gasteiger partial charge in [0.2, 0.25) is 0 Å². The molecule has 0 spiro atoms.